The fourth-order valence-corrected chi connectivity index (χ4v) is 2.42. The number of rotatable bonds is 2. The van der Waals surface area contributed by atoms with Gasteiger partial charge in [-0.1, -0.05) is 24.3 Å². The lowest BCUT2D eigenvalue weighted by atomic mass is 9.94. The van der Waals surface area contributed by atoms with Gasteiger partial charge in [0.15, 0.2) is 11.6 Å². The highest BCUT2D eigenvalue weighted by Crippen LogP contribution is 2.25. The molecule has 5 heteroatoms. The van der Waals surface area contributed by atoms with Crippen molar-refractivity contribution in [1.82, 2.24) is 10.3 Å². The number of nitrogens with one attached hydrogen (secondary N) is 2. The molecule has 1 aliphatic rings. The lowest BCUT2D eigenvalue weighted by molar-refractivity contribution is -0.118. The van der Waals surface area contributed by atoms with E-state index in [-0.39, 0.29) is 17.5 Å². The first-order chi connectivity index (χ1) is 9.75. The van der Waals surface area contributed by atoms with Gasteiger partial charge in [-0.15, -0.1) is 0 Å². The Morgan fingerprint density at radius 2 is 2.15 bits per heavy atom. The molecule has 1 aromatic carbocycles. The molecule has 0 spiro atoms. The molecule has 1 atom stereocenters. The minimum Gasteiger partial charge on any atom is -0.504 e. The number of carbonyl (C=O) groups is 1. The Morgan fingerprint density at radius 3 is 3.00 bits per heavy atom. The average Bonchev–Trinajstić information content (AvgIpc) is 2.49. The molecule has 3 N–H and O–H groups in total. The van der Waals surface area contributed by atoms with Crippen LogP contribution in [0, 0.1) is 0 Å². The summed E-state index contributed by atoms with van der Waals surface area (Å²) in [5.74, 6) is -0.0709. The van der Waals surface area contributed by atoms with Crippen molar-refractivity contribution in [2.24, 2.45) is 0 Å². The van der Waals surface area contributed by atoms with Gasteiger partial charge in [-0.05, 0) is 29.7 Å². The number of anilines is 1. The molecule has 0 fully saturated rings. The molecule has 2 aromatic rings. The molecule has 1 unspecified atom stereocenters. The number of aromatic nitrogens is 1. The number of carbonyl (C=O) groups excluding carboxylic acids is 1. The monoisotopic (exact) mass is 269 g/mol. The molecule has 5 nitrogen and oxygen atoms in total. The lowest BCUT2D eigenvalue weighted by Gasteiger charge is -2.25. The summed E-state index contributed by atoms with van der Waals surface area (Å²) in [5.41, 5.74) is 2.16. The normalized spacial score (nSPS) is 17.3. The maximum Gasteiger partial charge on any atom is 0.247 e. The Morgan fingerprint density at radius 1 is 1.30 bits per heavy atom. The van der Waals surface area contributed by atoms with E-state index in [1.54, 1.807) is 6.07 Å². The number of fused-ring (bicyclic) bond motifs is 1. The van der Waals surface area contributed by atoms with E-state index in [1.165, 1.54) is 17.8 Å². The predicted octanol–water partition coefficient (Wildman–Crippen LogP) is 1.61. The molecular weight excluding hydrogens is 254 g/mol. The van der Waals surface area contributed by atoms with Crippen molar-refractivity contribution in [2.75, 3.05) is 11.9 Å². The number of pyridine rings is 1. The largest absolute Gasteiger partial charge is 0.504 e. The van der Waals surface area contributed by atoms with Crippen molar-refractivity contribution in [2.45, 2.75) is 12.5 Å². The molecular formula is C15H15N3O2. The van der Waals surface area contributed by atoms with Gasteiger partial charge in [-0.2, -0.15) is 0 Å². The van der Waals surface area contributed by atoms with E-state index in [2.05, 4.69) is 15.6 Å². The zero-order valence-electron chi connectivity index (χ0n) is 10.8. The molecule has 0 aliphatic carbocycles. The second kappa shape index (κ2) is 5.30. The summed E-state index contributed by atoms with van der Waals surface area (Å²) in [6.07, 6.45) is 2.44. The summed E-state index contributed by atoms with van der Waals surface area (Å²) >= 11 is 0. The van der Waals surface area contributed by atoms with Gasteiger partial charge in [0.25, 0.3) is 0 Å². The predicted molar refractivity (Wildman–Crippen MR) is 75.4 cm³/mol. The molecule has 1 aromatic heterocycles. The smallest absolute Gasteiger partial charge is 0.247 e. The third-order valence-electron chi connectivity index (χ3n) is 3.40. The van der Waals surface area contributed by atoms with Gasteiger partial charge in [0, 0.05) is 12.7 Å². The molecule has 3 rings (SSSR count). The van der Waals surface area contributed by atoms with Crippen LogP contribution in [-0.2, 0) is 11.2 Å². The molecule has 1 aliphatic heterocycles. The van der Waals surface area contributed by atoms with Crippen molar-refractivity contribution in [1.29, 1.82) is 0 Å². The molecule has 0 bridgehead atoms. The summed E-state index contributed by atoms with van der Waals surface area (Å²) in [4.78, 5) is 16.3. The van der Waals surface area contributed by atoms with E-state index < -0.39 is 6.04 Å². The first kappa shape index (κ1) is 12.6. The summed E-state index contributed by atoms with van der Waals surface area (Å²) in [5, 5.41) is 15.5. The third kappa shape index (κ3) is 2.35. The summed E-state index contributed by atoms with van der Waals surface area (Å²) in [7, 11) is 0. The fraction of sp³-hybridized carbons (Fsp3) is 0.200. The molecule has 0 saturated heterocycles. The maximum atomic E-state index is 12.4. The fourth-order valence-electron chi connectivity index (χ4n) is 2.42. The van der Waals surface area contributed by atoms with E-state index >= 15 is 0 Å². The van der Waals surface area contributed by atoms with Gasteiger partial charge in [-0.3, -0.25) is 4.79 Å². The summed E-state index contributed by atoms with van der Waals surface area (Å²) in [6.45, 7) is 0.753. The number of aromatic hydroxyl groups is 1. The van der Waals surface area contributed by atoms with Crippen molar-refractivity contribution in [3.63, 3.8) is 0 Å². The number of hydrogen-bond acceptors (Lipinski definition) is 4. The van der Waals surface area contributed by atoms with Crippen LogP contribution in [0.2, 0.25) is 0 Å². The SMILES string of the molecule is O=C(Nc1ncccc1O)C1NCCc2ccccc21. The topological polar surface area (TPSA) is 74.2 Å². The highest BCUT2D eigenvalue weighted by Gasteiger charge is 2.26. The van der Waals surface area contributed by atoms with Gasteiger partial charge in [0.05, 0.1) is 0 Å². The van der Waals surface area contributed by atoms with Gasteiger partial charge < -0.3 is 15.7 Å². The van der Waals surface area contributed by atoms with E-state index in [9.17, 15) is 9.90 Å². The van der Waals surface area contributed by atoms with Crippen molar-refractivity contribution in [3.05, 3.63) is 53.7 Å². The minimum absolute atomic E-state index is 0.0371. The summed E-state index contributed by atoms with van der Waals surface area (Å²) in [6, 6.07) is 10.6. The zero-order chi connectivity index (χ0) is 13.9. The van der Waals surface area contributed by atoms with Gasteiger partial charge in [-0.25, -0.2) is 4.98 Å². The third-order valence-corrected chi connectivity index (χ3v) is 3.40. The number of amides is 1. The zero-order valence-corrected chi connectivity index (χ0v) is 10.8. The summed E-state index contributed by atoms with van der Waals surface area (Å²) < 4.78 is 0. The van der Waals surface area contributed by atoms with Crippen molar-refractivity contribution < 1.29 is 9.90 Å². The Labute approximate surface area is 116 Å². The van der Waals surface area contributed by atoms with Crippen LogP contribution in [0.4, 0.5) is 5.82 Å². The molecule has 2 heterocycles. The Balaban J connectivity index is 1.84. The van der Waals surface area contributed by atoms with E-state index in [0.29, 0.717) is 0 Å². The standard InChI is InChI=1S/C15H15N3O2/c19-12-6-3-8-17-14(12)18-15(20)13-11-5-2-1-4-10(11)7-9-16-13/h1-6,8,13,16,19H,7,9H2,(H,17,18,20). The molecule has 102 valence electrons. The Kier molecular flexibility index (Phi) is 3.35. The van der Waals surface area contributed by atoms with Crippen molar-refractivity contribution >= 4 is 11.7 Å². The average molecular weight is 269 g/mol. The second-order valence-corrected chi connectivity index (χ2v) is 4.70. The van der Waals surface area contributed by atoms with Crippen LogP contribution >= 0.6 is 0 Å². The first-order valence-electron chi connectivity index (χ1n) is 6.52. The van der Waals surface area contributed by atoms with E-state index in [4.69, 9.17) is 0 Å². The molecule has 0 radical (unpaired) electrons. The number of nitrogens with zero attached hydrogens (tertiary/aromatic N) is 1. The van der Waals surface area contributed by atoms with Gasteiger partial charge in [0.2, 0.25) is 5.91 Å². The molecule has 0 saturated carbocycles. The van der Waals surface area contributed by atoms with Crippen LogP contribution < -0.4 is 10.6 Å². The quantitative estimate of drug-likeness (QED) is 0.774. The van der Waals surface area contributed by atoms with Crippen LogP contribution in [0.5, 0.6) is 5.75 Å². The van der Waals surface area contributed by atoms with Gasteiger partial charge >= 0.3 is 0 Å². The highest BCUT2D eigenvalue weighted by molar-refractivity contribution is 5.96. The minimum atomic E-state index is -0.415. The highest BCUT2D eigenvalue weighted by atomic mass is 16.3. The second-order valence-electron chi connectivity index (χ2n) is 4.70. The van der Waals surface area contributed by atoms with Gasteiger partial charge in [0.1, 0.15) is 6.04 Å². The number of hydrogen-bond donors (Lipinski definition) is 3. The first-order valence-corrected chi connectivity index (χ1v) is 6.52. The van der Waals surface area contributed by atoms with Crippen LogP contribution in [0.3, 0.4) is 0 Å². The van der Waals surface area contributed by atoms with E-state index in [0.717, 1.165) is 18.5 Å². The van der Waals surface area contributed by atoms with Crippen LogP contribution in [0.15, 0.2) is 42.6 Å². The van der Waals surface area contributed by atoms with E-state index in [1.807, 2.05) is 24.3 Å². The molecule has 20 heavy (non-hydrogen) atoms. The Bertz CT molecular complexity index is 643. The van der Waals surface area contributed by atoms with Crippen molar-refractivity contribution in [3.8, 4) is 5.75 Å². The number of benzene rings is 1. The van der Waals surface area contributed by atoms with Crippen LogP contribution in [0.1, 0.15) is 17.2 Å². The van der Waals surface area contributed by atoms with Crippen LogP contribution in [0.25, 0.3) is 0 Å². The van der Waals surface area contributed by atoms with Crippen LogP contribution in [-0.4, -0.2) is 22.5 Å². The Hall–Kier alpha value is -2.40. The molecule has 1 amide bonds. The maximum absolute atomic E-state index is 12.4. The lowest BCUT2D eigenvalue weighted by Crippen LogP contribution is -2.38.